The van der Waals surface area contributed by atoms with Crippen molar-refractivity contribution >= 4 is 12.1 Å². The van der Waals surface area contributed by atoms with Gasteiger partial charge in [0.25, 0.3) is 5.91 Å². The fourth-order valence-corrected chi connectivity index (χ4v) is 1.20. The molecular weight excluding hydrogens is 236 g/mol. The lowest BCUT2D eigenvalue weighted by Gasteiger charge is -2.07. The number of ether oxygens (including phenoxy) is 2. The molecule has 2 N–H and O–H groups in total. The smallest absolute Gasteiger partial charge is 0.268 e. The molecule has 1 aromatic carbocycles. The molecule has 6 heteroatoms. The zero-order valence-electron chi connectivity index (χ0n) is 10.5. The number of hydrogen-bond acceptors (Lipinski definition) is 5. The normalized spacial score (nSPS) is 12.2. The molecule has 1 atom stereocenters. The second-order valence-corrected chi connectivity index (χ2v) is 3.52. The first kappa shape index (κ1) is 14.0. The SMILES string of the molecule is COc1ccc(OC)c(/C=N\NC(=O)[C@@H](C)O)c1. The lowest BCUT2D eigenvalue weighted by molar-refractivity contribution is -0.128. The minimum Gasteiger partial charge on any atom is -0.497 e. The highest BCUT2D eigenvalue weighted by Gasteiger charge is 2.06. The Morgan fingerprint density at radius 2 is 2.17 bits per heavy atom. The molecule has 0 bridgehead atoms. The maximum Gasteiger partial charge on any atom is 0.268 e. The molecule has 0 saturated heterocycles. The summed E-state index contributed by atoms with van der Waals surface area (Å²) in [5.41, 5.74) is 2.86. The van der Waals surface area contributed by atoms with E-state index >= 15 is 0 Å². The van der Waals surface area contributed by atoms with Crippen LogP contribution in [0.15, 0.2) is 23.3 Å². The van der Waals surface area contributed by atoms with Crippen molar-refractivity contribution in [2.24, 2.45) is 5.10 Å². The highest BCUT2D eigenvalue weighted by molar-refractivity contribution is 5.86. The molecule has 0 aliphatic heterocycles. The minimum absolute atomic E-state index is 0.576. The van der Waals surface area contributed by atoms with Crippen molar-refractivity contribution in [1.29, 1.82) is 0 Å². The van der Waals surface area contributed by atoms with Crippen LogP contribution in [-0.4, -0.2) is 37.6 Å². The predicted octanol–water partition coefficient (Wildman–Crippen LogP) is 0.535. The molecule has 0 aromatic heterocycles. The van der Waals surface area contributed by atoms with E-state index in [1.54, 1.807) is 25.3 Å². The summed E-state index contributed by atoms with van der Waals surface area (Å²) in [7, 11) is 3.09. The van der Waals surface area contributed by atoms with Gasteiger partial charge in [-0.2, -0.15) is 5.10 Å². The van der Waals surface area contributed by atoms with Gasteiger partial charge in [0.05, 0.1) is 20.4 Å². The van der Waals surface area contributed by atoms with Gasteiger partial charge >= 0.3 is 0 Å². The fourth-order valence-electron chi connectivity index (χ4n) is 1.20. The van der Waals surface area contributed by atoms with Crippen LogP contribution in [0.25, 0.3) is 0 Å². The van der Waals surface area contributed by atoms with Crippen LogP contribution in [0.1, 0.15) is 12.5 Å². The van der Waals surface area contributed by atoms with E-state index in [-0.39, 0.29) is 0 Å². The summed E-state index contributed by atoms with van der Waals surface area (Å²) >= 11 is 0. The second-order valence-electron chi connectivity index (χ2n) is 3.52. The molecule has 1 amide bonds. The number of amides is 1. The molecule has 6 nitrogen and oxygen atoms in total. The summed E-state index contributed by atoms with van der Waals surface area (Å²) in [6, 6.07) is 5.21. The van der Waals surface area contributed by atoms with Crippen LogP contribution in [0.4, 0.5) is 0 Å². The van der Waals surface area contributed by atoms with Crippen molar-refractivity contribution in [2.45, 2.75) is 13.0 Å². The third kappa shape index (κ3) is 3.74. The number of aliphatic hydroxyl groups excluding tert-OH is 1. The van der Waals surface area contributed by atoms with E-state index in [0.29, 0.717) is 17.1 Å². The van der Waals surface area contributed by atoms with Crippen molar-refractivity contribution in [3.63, 3.8) is 0 Å². The van der Waals surface area contributed by atoms with Gasteiger partial charge in [0, 0.05) is 5.56 Å². The number of methoxy groups -OCH3 is 2. The van der Waals surface area contributed by atoms with E-state index in [9.17, 15) is 4.79 Å². The van der Waals surface area contributed by atoms with Gasteiger partial charge in [-0.15, -0.1) is 0 Å². The Hall–Kier alpha value is -2.08. The molecule has 0 radical (unpaired) electrons. The van der Waals surface area contributed by atoms with Crippen LogP contribution in [-0.2, 0) is 4.79 Å². The van der Waals surface area contributed by atoms with E-state index in [1.165, 1.54) is 20.2 Å². The second kappa shape index (κ2) is 6.61. The Morgan fingerprint density at radius 3 is 2.72 bits per heavy atom. The van der Waals surface area contributed by atoms with Crippen LogP contribution in [0.5, 0.6) is 11.5 Å². The van der Waals surface area contributed by atoms with Gasteiger partial charge in [0.2, 0.25) is 0 Å². The van der Waals surface area contributed by atoms with Crippen LogP contribution in [0.2, 0.25) is 0 Å². The Balaban J connectivity index is 2.81. The largest absolute Gasteiger partial charge is 0.497 e. The van der Waals surface area contributed by atoms with E-state index in [1.807, 2.05) is 0 Å². The number of hydrazone groups is 1. The van der Waals surface area contributed by atoms with E-state index in [4.69, 9.17) is 14.6 Å². The van der Waals surface area contributed by atoms with Crippen LogP contribution in [0.3, 0.4) is 0 Å². The van der Waals surface area contributed by atoms with E-state index in [2.05, 4.69) is 10.5 Å². The van der Waals surface area contributed by atoms with Crippen LogP contribution >= 0.6 is 0 Å². The minimum atomic E-state index is -1.10. The number of hydrogen-bond donors (Lipinski definition) is 2. The third-order valence-corrected chi connectivity index (χ3v) is 2.19. The van der Waals surface area contributed by atoms with E-state index < -0.39 is 12.0 Å². The summed E-state index contributed by atoms with van der Waals surface area (Å²) in [5, 5.41) is 12.7. The van der Waals surface area contributed by atoms with Crippen LogP contribution < -0.4 is 14.9 Å². The number of nitrogens with one attached hydrogen (secondary N) is 1. The quantitative estimate of drug-likeness (QED) is 0.592. The Bertz CT molecular complexity index is 444. The molecular formula is C12H16N2O4. The number of aliphatic hydroxyl groups is 1. The monoisotopic (exact) mass is 252 g/mol. The molecule has 0 fully saturated rings. The number of nitrogens with zero attached hydrogens (tertiary/aromatic N) is 1. The summed E-state index contributed by atoms with van der Waals surface area (Å²) in [6.45, 7) is 1.36. The molecule has 0 heterocycles. The summed E-state index contributed by atoms with van der Waals surface area (Å²) in [5.74, 6) is 0.679. The molecule has 1 rings (SSSR count). The zero-order chi connectivity index (χ0) is 13.5. The number of benzene rings is 1. The van der Waals surface area contributed by atoms with Gasteiger partial charge in [-0.05, 0) is 25.1 Å². The average molecular weight is 252 g/mol. The first-order valence-corrected chi connectivity index (χ1v) is 5.31. The summed E-state index contributed by atoms with van der Waals surface area (Å²) in [4.78, 5) is 11.1. The summed E-state index contributed by atoms with van der Waals surface area (Å²) < 4.78 is 10.2. The fraction of sp³-hybridized carbons (Fsp3) is 0.333. The molecule has 0 unspecified atom stereocenters. The average Bonchev–Trinajstić information content (AvgIpc) is 2.38. The van der Waals surface area contributed by atoms with Gasteiger partial charge in [0.15, 0.2) is 0 Å². The van der Waals surface area contributed by atoms with Crippen molar-refractivity contribution in [3.05, 3.63) is 23.8 Å². The van der Waals surface area contributed by atoms with Crippen LogP contribution in [0, 0.1) is 0 Å². The molecule has 18 heavy (non-hydrogen) atoms. The standard InChI is InChI=1S/C12H16N2O4/c1-8(15)12(16)14-13-7-9-6-10(17-2)4-5-11(9)18-3/h4-8,15H,1-3H3,(H,14,16)/b13-7-/t8-/m1/s1. The number of carbonyl (C=O) groups is 1. The highest BCUT2D eigenvalue weighted by Crippen LogP contribution is 2.22. The zero-order valence-corrected chi connectivity index (χ0v) is 10.5. The molecule has 0 aliphatic carbocycles. The van der Waals surface area contributed by atoms with Gasteiger partial charge in [0.1, 0.15) is 17.6 Å². The molecule has 0 aliphatic rings. The molecule has 0 saturated carbocycles. The summed E-state index contributed by atoms with van der Waals surface area (Å²) in [6.07, 6.45) is 0.316. The van der Waals surface area contributed by atoms with Gasteiger partial charge in [-0.3, -0.25) is 4.79 Å². The van der Waals surface area contributed by atoms with Gasteiger partial charge in [-0.25, -0.2) is 5.43 Å². The van der Waals surface area contributed by atoms with Crippen molar-refractivity contribution in [2.75, 3.05) is 14.2 Å². The van der Waals surface area contributed by atoms with Gasteiger partial charge in [-0.1, -0.05) is 0 Å². The maximum absolute atomic E-state index is 11.1. The Morgan fingerprint density at radius 1 is 1.44 bits per heavy atom. The van der Waals surface area contributed by atoms with Crippen molar-refractivity contribution < 1.29 is 19.4 Å². The van der Waals surface area contributed by atoms with Crippen molar-refractivity contribution in [1.82, 2.24) is 5.43 Å². The first-order valence-electron chi connectivity index (χ1n) is 5.31. The van der Waals surface area contributed by atoms with Crippen molar-refractivity contribution in [3.8, 4) is 11.5 Å². The first-order chi connectivity index (χ1) is 8.58. The molecule has 1 aromatic rings. The Kier molecular flexibility index (Phi) is 5.13. The third-order valence-electron chi connectivity index (χ3n) is 2.19. The molecule has 98 valence electrons. The highest BCUT2D eigenvalue weighted by atomic mass is 16.5. The number of rotatable bonds is 5. The lowest BCUT2D eigenvalue weighted by Crippen LogP contribution is -2.28. The maximum atomic E-state index is 11.1. The predicted molar refractivity (Wildman–Crippen MR) is 67.0 cm³/mol. The molecule has 0 spiro atoms. The topological polar surface area (TPSA) is 80.2 Å². The lowest BCUT2D eigenvalue weighted by atomic mass is 10.2. The van der Waals surface area contributed by atoms with E-state index in [0.717, 1.165) is 0 Å². The number of carbonyl (C=O) groups excluding carboxylic acids is 1. The Labute approximate surface area is 105 Å². The van der Waals surface area contributed by atoms with Gasteiger partial charge < -0.3 is 14.6 Å².